The van der Waals surface area contributed by atoms with Gasteiger partial charge in [-0.25, -0.2) is 8.42 Å². The molecule has 5 nitrogen and oxygen atoms in total. The number of halogens is 1. The van der Waals surface area contributed by atoms with Crippen LogP contribution in [0.2, 0.25) is 5.02 Å². The van der Waals surface area contributed by atoms with E-state index in [2.05, 4.69) is 13.8 Å². The van der Waals surface area contributed by atoms with Gasteiger partial charge in [-0.1, -0.05) is 31.5 Å². The number of rotatable bonds is 4. The van der Waals surface area contributed by atoms with Crippen LogP contribution >= 0.6 is 11.6 Å². The number of amides is 1. The summed E-state index contributed by atoms with van der Waals surface area (Å²) in [6.45, 7) is 7.22. The molecule has 1 amide bonds. The Hall–Kier alpha value is -1.11. The van der Waals surface area contributed by atoms with Crippen LogP contribution in [0.15, 0.2) is 18.2 Å². The summed E-state index contributed by atoms with van der Waals surface area (Å²) in [6, 6.07) is 5.51. The maximum Gasteiger partial charge on any atom is 0.255 e. The van der Waals surface area contributed by atoms with Crippen molar-refractivity contribution in [3.05, 3.63) is 34.3 Å². The number of hydrogen-bond acceptors (Lipinski definition) is 3. The molecule has 1 saturated heterocycles. The first-order valence-electron chi connectivity index (χ1n) is 7.82. The minimum absolute atomic E-state index is 0.0867. The third-order valence-corrected chi connectivity index (χ3v) is 6.37. The van der Waals surface area contributed by atoms with Gasteiger partial charge in [-0.05, 0) is 30.5 Å². The normalized spacial score (nSPS) is 16.8. The highest BCUT2D eigenvalue weighted by molar-refractivity contribution is 7.89. The summed E-state index contributed by atoms with van der Waals surface area (Å²) in [5.74, 6) is 0.294. The molecule has 0 N–H and O–H groups in total. The number of nitrogens with zero attached hydrogens (tertiary/aromatic N) is 2. The highest BCUT2D eigenvalue weighted by Crippen LogP contribution is 2.24. The fourth-order valence-corrected chi connectivity index (χ4v) is 3.94. The molecule has 23 heavy (non-hydrogen) atoms. The summed E-state index contributed by atoms with van der Waals surface area (Å²) in [7, 11) is -3.19. The molecule has 1 heterocycles. The Morgan fingerprint density at radius 3 is 2.30 bits per heavy atom. The molecule has 0 aromatic heterocycles. The molecule has 0 aliphatic carbocycles. The molecule has 2 rings (SSSR count). The van der Waals surface area contributed by atoms with Crippen molar-refractivity contribution in [2.75, 3.05) is 31.9 Å². The maximum absolute atomic E-state index is 12.6. The molecule has 0 radical (unpaired) electrons. The van der Waals surface area contributed by atoms with Crippen LogP contribution in [0.5, 0.6) is 0 Å². The first kappa shape index (κ1) is 18.2. The minimum Gasteiger partial charge on any atom is -0.336 e. The summed E-state index contributed by atoms with van der Waals surface area (Å²) in [5, 5.41) is 0.449. The SMILES string of the molecule is CCS(=O)(=O)N1CCN(C(=O)c2ccc(C(C)C)cc2Cl)CC1. The summed E-state index contributed by atoms with van der Waals surface area (Å²) in [5.41, 5.74) is 1.56. The molecular weight excluding hydrogens is 336 g/mol. The van der Waals surface area contributed by atoms with Crippen molar-refractivity contribution < 1.29 is 13.2 Å². The summed E-state index contributed by atoms with van der Waals surface area (Å²) in [6.07, 6.45) is 0. The Morgan fingerprint density at radius 2 is 1.83 bits per heavy atom. The average molecular weight is 359 g/mol. The Labute approximate surface area is 143 Å². The van der Waals surface area contributed by atoms with Crippen LogP contribution < -0.4 is 0 Å². The number of carbonyl (C=O) groups excluding carboxylic acids is 1. The van der Waals surface area contributed by atoms with E-state index in [9.17, 15) is 13.2 Å². The van der Waals surface area contributed by atoms with E-state index in [0.29, 0.717) is 42.7 Å². The van der Waals surface area contributed by atoms with Gasteiger partial charge in [-0.3, -0.25) is 4.79 Å². The van der Waals surface area contributed by atoms with E-state index >= 15 is 0 Å². The quantitative estimate of drug-likeness (QED) is 0.831. The Morgan fingerprint density at radius 1 is 1.22 bits per heavy atom. The standard InChI is InChI=1S/C16H23ClN2O3S/c1-4-23(21,22)19-9-7-18(8-10-19)16(20)14-6-5-13(12(2)3)11-15(14)17/h5-6,11-12H,4,7-10H2,1-3H3. The molecule has 1 aromatic rings. The first-order valence-corrected chi connectivity index (χ1v) is 9.81. The van der Waals surface area contributed by atoms with Crippen LogP contribution in [0.1, 0.15) is 42.6 Å². The predicted octanol–water partition coefficient (Wildman–Crippen LogP) is 2.57. The van der Waals surface area contributed by atoms with E-state index in [0.717, 1.165) is 5.56 Å². The van der Waals surface area contributed by atoms with Gasteiger partial charge in [0.2, 0.25) is 10.0 Å². The van der Waals surface area contributed by atoms with Crippen molar-refractivity contribution in [1.82, 2.24) is 9.21 Å². The van der Waals surface area contributed by atoms with Gasteiger partial charge in [0.15, 0.2) is 0 Å². The van der Waals surface area contributed by atoms with Gasteiger partial charge in [-0.15, -0.1) is 0 Å². The highest BCUT2D eigenvalue weighted by atomic mass is 35.5. The summed E-state index contributed by atoms with van der Waals surface area (Å²) in [4.78, 5) is 14.3. The fourth-order valence-electron chi connectivity index (χ4n) is 2.59. The second-order valence-corrected chi connectivity index (χ2v) is 8.65. The third-order valence-electron chi connectivity index (χ3n) is 4.17. The van der Waals surface area contributed by atoms with Gasteiger partial charge in [0.25, 0.3) is 5.91 Å². The van der Waals surface area contributed by atoms with Gasteiger partial charge in [0.1, 0.15) is 0 Å². The number of sulfonamides is 1. The second-order valence-electron chi connectivity index (χ2n) is 5.99. The molecule has 0 saturated carbocycles. The molecule has 0 atom stereocenters. The maximum atomic E-state index is 12.6. The lowest BCUT2D eigenvalue weighted by Gasteiger charge is -2.34. The van der Waals surface area contributed by atoms with Crippen molar-refractivity contribution in [1.29, 1.82) is 0 Å². The monoisotopic (exact) mass is 358 g/mol. The van der Waals surface area contributed by atoms with Crippen LogP contribution in [0.4, 0.5) is 0 Å². The molecule has 128 valence electrons. The summed E-state index contributed by atoms with van der Waals surface area (Å²) >= 11 is 6.26. The molecule has 7 heteroatoms. The smallest absolute Gasteiger partial charge is 0.255 e. The molecule has 0 bridgehead atoms. The Balaban J connectivity index is 2.08. The summed E-state index contributed by atoms with van der Waals surface area (Å²) < 4.78 is 25.2. The average Bonchev–Trinajstić information content (AvgIpc) is 2.54. The van der Waals surface area contributed by atoms with E-state index < -0.39 is 10.0 Å². The molecule has 0 unspecified atom stereocenters. The van der Waals surface area contributed by atoms with E-state index in [4.69, 9.17) is 11.6 Å². The lowest BCUT2D eigenvalue weighted by molar-refractivity contribution is 0.0698. The van der Waals surface area contributed by atoms with Gasteiger partial charge < -0.3 is 4.90 Å². The van der Waals surface area contributed by atoms with E-state index in [1.54, 1.807) is 17.9 Å². The topological polar surface area (TPSA) is 57.7 Å². The molecule has 1 aliphatic rings. The molecule has 0 spiro atoms. The zero-order chi connectivity index (χ0) is 17.2. The van der Waals surface area contributed by atoms with Gasteiger partial charge in [-0.2, -0.15) is 4.31 Å². The second kappa shape index (κ2) is 7.20. The highest BCUT2D eigenvalue weighted by Gasteiger charge is 2.28. The van der Waals surface area contributed by atoms with Crippen molar-refractivity contribution in [3.8, 4) is 0 Å². The van der Waals surface area contributed by atoms with Crippen LogP contribution in [0.25, 0.3) is 0 Å². The largest absolute Gasteiger partial charge is 0.336 e. The van der Waals surface area contributed by atoms with E-state index in [1.165, 1.54) is 4.31 Å². The van der Waals surface area contributed by atoms with Crippen molar-refractivity contribution >= 4 is 27.5 Å². The number of hydrogen-bond donors (Lipinski definition) is 0. The molecule has 1 aromatic carbocycles. The Bertz CT molecular complexity index is 681. The van der Waals surface area contributed by atoms with Gasteiger partial charge in [0, 0.05) is 26.2 Å². The predicted molar refractivity (Wildman–Crippen MR) is 92.5 cm³/mol. The van der Waals surface area contributed by atoms with Gasteiger partial charge >= 0.3 is 0 Å². The zero-order valence-electron chi connectivity index (χ0n) is 13.8. The van der Waals surface area contributed by atoms with Crippen LogP contribution in [0.3, 0.4) is 0 Å². The number of benzene rings is 1. The fraction of sp³-hybridized carbons (Fsp3) is 0.562. The molecule has 1 aliphatic heterocycles. The Kier molecular flexibility index (Phi) is 5.70. The van der Waals surface area contributed by atoms with E-state index in [1.807, 2.05) is 12.1 Å². The van der Waals surface area contributed by atoms with Crippen LogP contribution in [-0.2, 0) is 10.0 Å². The van der Waals surface area contributed by atoms with E-state index in [-0.39, 0.29) is 11.7 Å². The third kappa shape index (κ3) is 4.05. The number of carbonyl (C=O) groups is 1. The van der Waals surface area contributed by atoms with Crippen molar-refractivity contribution in [3.63, 3.8) is 0 Å². The number of piperazine rings is 1. The lowest BCUT2D eigenvalue weighted by Crippen LogP contribution is -2.50. The van der Waals surface area contributed by atoms with Gasteiger partial charge in [0.05, 0.1) is 16.3 Å². The zero-order valence-corrected chi connectivity index (χ0v) is 15.3. The van der Waals surface area contributed by atoms with Crippen molar-refractivity contribution in [2.24, 2.45) is 0 Å². The van der Waals surface area contributed by atoms with Crippen LogP contribution in [0, 0.1) is 0 Å². The molecule has 1 fully saturated rings. The van der Waals surface area contributed by atoms with Crippen molar-refractivity contribution in [2.45, 2.75) is 26.7 Å². The lowest BCUT2D eigenvalue weighted by atomic mass is 10.0. The minimum atomic E-state index is -3.19. The molecular formula is C16H23ClN2O3S. The van der Waals surface area contributed by atoms with Crippen LogP contribution in [-0.4, -0.2) is 55.5 Å². The first-order chi connectivity index (χ1) is 10.8.